The van der Waals surface area contributed by atoms with E-state index in [-0.39, 0.29) is 33.8 Å². The average Bonchev–Trinajstić information content (AvgIpc) is 3.53. The van der Waals surface area contributed by atoms with Gasteiger partial charge >= 0.3 is 6.16 Å². The molecule has 0 spiro atoms. The quantitative estimate of drug-likeness (QED) is 0.310. The van der Waals surface area contributed by atoms with Gasteiger partial charge in [0.15, 0.2) is 10.3 Å². The number of hydrogen-bond donors (Lipinski definition) is 4. The van der Waals surface area contributed by atoms with Gasteiger partial charge in [-0.05, 0) is 13.3 Å². The third-order valence-electron chi connectivity index (χ3n) is 5.46. The molecule has 15 heteroatoms. The molecule has 3 aromatic rings. The fourth-order valence-electron chi connectivity index (χ4n) is 3.70. The van der Waals surface area contributed by atoms with E-state index in [2.05, 4.69) is 25.6 Å². The van der Waals surface area contributed by atoms with E-state index in [0.29, 0.717) is 51.9 Å². The highest BCUT2D eigenvalue weighted by Gasteiger charge is 2.34. The van der Waals surface area contributed by atoms with Crippen LogP contribution in [0.25, 0.3) is 11.4 Å². The van der Waals surface area contributed by atoms with Gasteiger partial charge in [-0.25, -0.2) is 14.8 Å². The molecule has 1 amide bonds. The molecule has 4 N–H and O–H groups in total. The highest BCUT2D eigenvalue weighted by molar-refractivity contribution is 7.18. The van der Waals surface area contributed by atoms with Crippen molar-refractivity contribution in [3.05, 3.63) is 26.8 Å². The topological polar surface area (TPSA) is 142 Å². The maximum Gasteiger partial charge on any atom is 0.512 e. The second kappa shape index (κ2) is 10.6. The molecular weight excluding hydrogens is 539 g/mol. The monoisotopic (exact) mass is 560 g/mol. The first-order valence-electron chi connectivity index (χ1n) is 10.4. The van der Waals surface area contributed by atoms with E-state index >= 15 is 0 Å². The first kappa shape index (κ1) is 25.5. The molecular formula is C20H22Cl2N6O5S2. The summed E-state index contributed by atoms with van der Waals surface area (Å²) >= 11 is 14.8. The number of methoxy groups -OCH3 is 1. The normalized spacial score (nSPS) is 17.9. The van der Waals surface area contributed by atoms with Crippen molar-refractivity contribution in [1.29, 1.82) is 0 Å². The van der Waals surface area contributed by atoms with Gasteiger partial charge < -0.3 is 35.1 Å². The second-order valence-corrected chi connectivity index (χ2v) is 10.2. The Morgan fingerprint density at radius 3 is 2.69 bits per heavy atom. The number of aromatic amines is 1. The van der Waals surface area contributed by atoms with Crippen molar-refractivity contribution in [2.45, 2.75) is 25.5 Å². The number of carbonyl (C=O) groups is 2. The van der Waals surface area contributed by atoms with Crippen molar-refractivity contribution in [2.75, 3.05) is 37.5 Å². The van der Waals surface area contributed by atoms with Gasteiger partial charge in [0.25, 0.3) is 5.91 Å². The lowest BCUT2D eigenvalue weighted by Gasteiger charge is -2.37. The van der Waals surface area contributed by atoms with Crippen LogP contribution in [0.2, 0.25) is 10.0 Å². The largest absolute Gasteiger partial charge is 0.512 e. The zero-order valence-corrected chi connectivity index (χ0v) is 22.0. The number of hydrogen-bond acceptors (Lipinski definition) is 10. The SMILES string of the molecule is CNc1nc(-c2nc(N3CC[C@@H](NC(=O)c4[nH]c(C)c(Cl)c4Cl)[C@@H](OC)C3)sc2OC(=O)O)cs1. The Bertz CT molecular complexity index is 1240. The molecule has 1 fully saturated rings. The third-order valence-corrected chi connectivity index (χ3v) is 8.26. The van der Waals surface area contributed by atoms with Crippen LogP contribution in [-0.4, -0.2) is 71.5 Å². The molecule has 1 aliphatic heterocycles. The zero-order valence-electron chi connectivity index (χ0n) is 18.8. The van der Waals surface area contributed by atoms with Crippen LogP contribution in [0.5, 0.6) is 5.06 Å². The maximum absolute atomic E-state index is 12.8. The molecule has 0 aromatic carbocycles. The predicted molar refractivity (Wildman–Crippen MR) is 136 cm³/mol. The van der Waals surface area contributed by atoms with E-state index in [9.17, 15) is 14.7 Å². The van der Waals surface area contributed by atoms with Crippen molar-refractivity contribution >= 4 is 68.2 Å². The number of ether oxygens (including phenoxy) is 2. The van der Waals surface area contributed by atoms with Gasteiger partial charge in [0.2, 0.25) is 5.06 Å². The number of aryl methyl sites for hydroxylation is 1. The van der Waals surface area contributed by atoms with Gasteiger partial charge in [-0.1, -0.05) is 34.5 Å². The van der Waals surface area contributed by atoms with E-state index in [1.54, 1.807) is 26.5 Å². The van der Waals surface area contributed by atoms with Gasteiger partial charge in [0.05, 0.1) is 22.2 Å². The smallest absolute Gasteiger partial charge is 0.449 e. The number of rotatable bonds is 7. The summed E-state index contributed by atoms with van der Waals surface area (Å²) in [5.74, 6) is -0.372. The fourth-order valence-corrected chi connectivity index (χ4v) is 5.73. The van der Waals surface area contributed by atoms with Crippen molar-refractivity contribution < 1.29 is 24.2 Å². The van der Waals surface area contributed by atoms with Crippen LogP contribution in [0, 0.1) is 6.92 Å². The number of nitrogens with zero attached hydrogens (tertiary/aromatic N) is 3. The molecule has 0 bridgehead atoms. The molecule has 11 nitrogen and oxygen atoms in total. The number of piperidine rings is 1. The number of carbonyl (C=O) groups excluding carboxylic acids is 1. The molecule has 0 radical (unpaired) electrons. The van der Waals surface area contributed by atoms with E-state index in [1.165, 1.54) is 11.3 Å². The minimum Gasteiger partial charge on any atom is -0.449 e. The number of nitrogens with one attached hydrogen (secondary N) is 3. The molecule has 4 heterocycles. The molecule has 3 aromatic heterocycles. The van der Waals surface area contributed by atoms with Crippen LogP contribution in [0.15, 0.2) is 5.38 Å². The lowest BCUT2D eigenvalue weighted by Crippen LogP contribution is -2.55. The van der Waals surface area contributed by atoms with E-state index in [1.807, 2.05) is 4.90 Å². The van der Waals surface area contributed by atoms with Gasteiger partial charge in [0, 0.05) is 38.3 Å². The minimum absolute atomic E-state index is 0.137. The number of aromatic nitrogens is 3. The molecule has 0 aliphatic carbocycles. The standard InChI is InChI=1S/C20H22Cl2N6O5S2/c1-8-12(21)13(22)15(24-8)16(29)25-9-4-5-28(6-11(9)32-3)19-27-14(17(35-19)33-20(30)31)10-7-34-18(23-2)26-10/h7,9,11,24H,4-6H2,1-3H3,(H,23,26)(H,25,29)(H,30,31)/t9-,11+/m1/s1. The van der Waals surface area contributed by atoms with Gasteiger partial charge in [-0.2, -0.15) is 0 Å². The van der Waals surface area contributed by atoms with Crippen LogP contribution in [-0.2, 0) is 4.74 Å². The number of thiazole rings is 2. The first-order chi connectivity index (χ1) is 16.7. The van der Waals surface area contributed by atoms with Crippen LogP contribution in [0.3, 0.4) is 0 Å². The summed E-state index contributed by atoms with van der Waals surface area (Å²) < 4.78 is 10.7. The number of H-pyrrole nitrogens is 1. The molecule has 188 valence electrons. The van der Waals surface area contributed by atoms with Crippen molar-refractivity contribution in [1.82, 2.24) is 20.3 Å². The Kier molecular flexibility index (Phi) is 7.71. The minimum atomic E-state index is -1.43. The molecule has 35 heavy (non-hydrogen) atoms. The average molecular weight is 561 g/mol. The Morgan fingerprint density at radius 1 is 1.31 bits per heavy atom. The molecule has 0 saturated carbocycles. The van der Waals surface area contributed by atoms with E-state index in [0.717, 1.165) is 11.3 Å². The maximum atomic E-state index is 12.8. The Hall–Kier alpha value is -2.58. The summed E-state index contributed by atoms with van der Waals surface area (Å²) in [6.45, 7) is 2.69. The van der Waals surface area contributed by atoms with Crippen LogP contribution >= 0.6 is 45.9 Å². The number of halogens is 2. The van der Waals surface area contributed by atoms with Crippen molar-refractivity contribution in [3.63, 3.8) is 0 Å². The molecule has 0 unspecified atom stereocenters. The third kappa shape index (κ3) is 5.33. The Morgan fingerprint density at radius 2 is 2.09 bits per heavy atom. The van der Waals surface area contributed by atoms with Gasteiger partial charge in [-0.15, -0.1) is 11.3 Å². The summed E-state index contributed by atoms with van der Waals surface area (Å²) in [4.78, 5) is 37.9. The summed E-state index contributed by atoms with van der Waals surface area (Å²) in [5.41, 5.74) is 1.68. The molecule has 2 atom stereocenters. The Labute approximate surface area is 218 Å². The van der Waals surface area contributed by atoms with Crippen molar-refractivity contribution in [2.24, 2.45) is 0 Å². The lowest BCUT2D eigenvalue weighted by molar-refractivity contribution is 0.0540. The number of anilines is 2. The second-order valence-electron chi connectivity index (χ2n) is 7.63. The first-order valence-corrected chi connectivity index (χ1v) is 12.8. The number of carboxylic acid groups (broad SMARTS) is 1. The molecule has 1 aliphatic rings. The van der Waals surface area contributed by atoms with Crippen LogP contribution in [0.4, 0.5) is 15.1 Å². The molecule has 4 rings (SSSR count). The predicted octanol–water partition coefficient (Wildman–Crippen LogP) is 4.33. The van der Waals surface area contributed by atoms with Gasteiger partial charge in [0.1, 0.15) is 17.1 Å². The summed E-state index contributed by atoms with van der Waals surface area (Å²) in [5, 5.41) is 18.7. The van der Waals surface area contributed by atoms with E-state index in [4.69, 9.17) is 32.7 Å². The zero-order chi connectivity index (χ0) is 25.3. The molecule has 1 saturated heterocycles. The summed E-state index contributed by atoms with van der Waals surface area (Å²) in [6.07, 6.45) is -1.23. The van der Waals surface area contributed by atoms with Gasteiger partial charge in [-0.3, -0.25) is 4.79 Å². The highest BCUT2D eigenvalue weighted by atomic mass is 35.5. The Balaban J connectivity index is 1.51. The van der Waals surface area contributed by atoms with Crippen LogP contribution < -0.4 is 20.3 Å². The summed E-state index contributed by atoms with van der Waals surface area (Å²) in [6, 6.07) is -0.284. The summed E-state index contributed by atoms with van der Waals surface area (Å²) in [7, 11) is 3.31. The fraction of sp³-hybridized carbons (Fsp3) is 0.400. The van der Waals surface area contributed by atoms with Crippen LogP contribution in [0.1, 0.15) is 22.6 Å². The van der Waals surface area contributed by atoms with E-state index < -0.39 is 6.16 Å². The number of amides is 1. The highest BCUT2D eigenvalue weighted by Crippen LogP contribution is 2.41. The van der Waals surface area contributed by atoms with Crippen molar-refractivity contribution in [3.8, 4) is 16.5 Å². The lowest BCUT2D eigenvalue weighted by atomic mass is 10.0.